The Hall–Kier alpha value is -4.72. The summed E-state index contributed by atoms with van der Waals surface area (Å²) >= 11 is 0. The quantitative estimate of drug-likeness (QED) is 0.229. The summed E-state index contributed by atoms with van der Waals surface area (Å²) in [5.41, 5.74) is -0.227. The average molecular weight is 606 g/mol. The number of benzene rings is 2. The van der Waals surface area contributed by atoms with Gasteiger partial charge in [0.1, 0.15) is 29.8 Å². The molecule has 2 aliphatic rings. The maximum atomic E-state index is 15.1. The third-order valence-corrected chi connectivity index (χ3v) is 7.53. The van der Waals surface area contributed by atoms with Gasteiger partial charge in [-0.3, -0.25) is 19.5 Å². The van der Waals surface area contributed by atoms with Crippen molar-refractivity contribution < 1.29 is 37.7 Å². The highest BCUT2D eigenvalue weighted by molar-refractivity contribution is 6.16. The van der Waals surface area contributed by atoms with Crippen LogP contribution in [0.5, 0.6) is 17.4 Å². The highest BCUT2D eigenvalue weighted by Gasteiger charge is 2.56. The molecule has 1 aliphatic carbocycles. The molecular formula is C31H29F2N5O6. The first-order valence-electron chi connectivity index (χ1n) is 14.0. The number of carbonyl (C=O) groups is 2. The second-order valence-electron chi connectivity index (χ2n) is 10.5. The summed E-state index contributed by atoms with van der Waals surface area (Å²) < 4.78 is 45.1. The first kappa shape index (κ1) is 29.4. The Kier molecular flexibility index (Phi) is 8.33. The molecular weight excluding hydrogens is 576 g/mol. The minimum atomic E-state index is -1.28. The summed E-state index contributed by atoms with van der Waals surface area (Å²) in [5.74, 6) is -1.67. The lowest BCUT2D eigenvalue weighted by atomic mass is 10.0. The summed E-state index contributed by atoms with van der Waals surface area (Å²) in [6.07, 6.45) is 3.05. The maximum absolute atomic E-state index is 15.1. The van der Waals surface area contributed by atoms with Crippen LogP contribution >= 0.6 is 0 Å². The Morgan fingerprint density at radius 3 is 2.48 bits per heavy atom. The number of aliphatic hydroxyl groups is 1. The molecule has 13 heteroatoms. The summed E-state index contributed by atoms with van der Waals surface area (Å²) in [4.78, 5) is 36.3. The van der Waals surface area contributed by atoms with Crippen LogP contribution in [0.4, 0.5) is 20.2 Å². The molecule has 2 aromatic heterocycles. The zero-order valence-corrected chi connectivity index (χ0v) is 23.5. The zero-order valence-electron chi connectivity index (χ0n) is 23.5. The van der Waals surface area contributed by atoms with Crippen LogP contribution in [0.2, 0.25) is 0 Å². The summed E-state index contributed by atoms with van der Waals surface area (Å²) in [6.45, 7) is 2.23. The maximum Gasteiger partial charge on any atom is 0.240 e. The van der Waals surface area contributed by atoms with E-state index in [-0.39, 0.29) is 18.0 Å². The lowest BCUT2D eigenvalue weighted by Gasteiger charge is -2.31. The van der Waals surface area contributed by atoms with E-state index in [1.54, 1.807) is 12.1 Å². The molecule has 2 aromatic carbocycles. The number of aromatic nitrogens is 2. The predicted molar refractivity (Wildman–Crippen MR) is 155 cm³/mol. The van der Waals surface area contributed by atoms with Gasteiger partial charge in [-0.15, -0.1) is 0 Å². The Morgan fingerprint density at radius 2 is 1.75 bits per heavy atom. The van der Waals surface area contributed by atoms with Gasteiger partial charge in [0.2, 0.25) is 17.7 Å². The lowest BCUT2D eigenvalue weighted by Crippen LogP contribution is -2.46. The van der Waals surface area contributed by atoms with Crippen LogP contribution in [0.25, 0.3) is 10.9 Å². The predicted octanol–water partition coefficient (Wildman–Crippen LogP) is 4.09. The second kappa shape index (κ2) is 12.5. The van der Waals surface area contributed by atoms with Crippen LogP contribution in [0.1, 0.15) is 12.8 Å². The van der Waals surface area contributed by atoms with Gasteiger partial charge in [0.15, 0.2) is 11.6 Å². The van der Waals surface area contributed by atoms with Crippen molar-refractivity contribution in [3.63, 3.8) is 0 Å². The molecule has 44 heavy (non-hydrogen) atoms. The van der Waals surface area contributed by atoms with Crippen molar-refractivity contribution in [3.8, 4) is 17.4 Å². The molecule has 0 radical (unpaired) electrons. The standard InChI is InChI=1S/C31H29F2N5O6/c32-19-1-3-20(4-2-19)36-29(40)31(8-9-31)30(41)37-21-5-6-26(23(33)15-21)44-25-7-10-34-24-16-27(35-17-22(24)25)43-14-12-38-11-13-42-18-28(38)39/h1-7,10,15-17,28,39H,8-9,11-14,18H2,(H,36,40)(H,37,41). The molecule has 2 amide bonds. The number of anilines is 2. The molecule has 2 fully saturated rings. The minimum absolute atomic E-state index is 0.0879. The fraction of sp³-hybridized carbons (Fsp3) is 0.290. The number of hydrogen-bond donors (Lipinski definition) is 3. The molecule has 0 spiro atoms. The lowest BCUT2D eigenvalue weighted by molar-refractivity contribution is -0.131. The minimum Gasteiger partial charge on any atom is -0.476 e. The molecule has 1 unspecified atom stereocenters. The highest BCUT2D eigenvalue weighted by Crippen LogP contribution is 2.47. The molecule has 1 atom stereocenters. The van der Waals surface area contributed by atoms with Crippen LogP contribution in [0.3, 0.4) is 0 Å². The average Bonchev–Trinajstić information content (AvgIpc) is 3.83. The van der Waals surface area contributed by atoms with Crippen molar-refractivity contribution in [2.45, 2.75) is 19.1 Å². The van der Waals surface area contributed by atoms with Crippen molar-refractivity contribution in [2.75, 3.05) is 43.5 Å². The molecule has 4 aromatic rings. The number of pyridine rings is 2. The highest BCUT2D eigenvalue weighted by atomic mass is 19.1. The van der Waals surface area contributed by atoms with Crippen molar-refractivity contribution >= 4 is 34.1 Å². The van der Waals surface area contributed by atoms with E-state index in [2.05, 4.69) is 20.6 Å². The molecule has 11 nitrogen and oxygen atoms in total. The monoisotopic (exact) mass is 605 g/mol. The van der Waals surface area contributed by atoms with Crippen LogP contribution in [0, 0.1) is 17.0 Å². The van der Waals surface area contributed by atoms with Gasteiger partial charge in [-0.05, 0) is 55.3 Å². The van der Waals surface area contributed by atoms with Crippen molar-refractivity contribution in [1.82, 2.24) is 14.9 Å². The van der Waals surface area contributed by atoms with Crippen LogP contribution in [0.15, 0.2) is 67.0 Å². The number of fused-ring (bicyclic) bond motifs is 1. The number of aliphatic hydroxyl groups excluding tert-OH is 1. The van der Waals surface area contributed by atoms with Crippen molar-refractivity contribution in [2.24, 2.45) is 5.41 Å². The fourth-order valence-electron chi connectivity index (χ4n) is 4.82. The van der Waals surface area contributed by atoms with Gasteiger partial charge in [-0.25, -0.2) is 13.8 Å². The molecule has 3 heterocycles. The number of morpholine rings is 1. The number of halogens is 2. The number of carbonyl (C=O) groups excluding carboxylic acids is 2. The third-order valence-electron chi connectivity index (χ3n) is 7.53. The van der Waals surface area contributed by atoms with Crippen molar-refractivity contribution in [1.29, 1.82) is 0 Å². The van der Waals surface area contributed by atoms with Gasteiger partial charge >= 0.3 is 0 Å². The van der Waals surface area contributed by atoms with Crippen LogP contribution in [-0.2, 0) is 14.3 Å². The molecule has 1 aliphatic heterocycles. The second-order valence-corrected chi connectivity index (χ2v) is 10.5. The van der Waals surface area contributed by atoms with E-state index in [0.29, 0.717) is 67.4 Å². The summed E-state index contributed by atoms with van der Waals surface area (Å²) in [5, 5.41) is 15.8. The van der Waals surface area contributed by atoms with Gasteiger partial charge in [0.25, 0.3) is 0 Å². The Labute approximate surface area is 250 Å². The molecule has 228 valence electrons. The van der Waals surface area contributed by atoms with E-state index >= 15 is 4.39 Å². The molecule has 1 saturated carbocycles. The Bertz CT molecular complexity index is 1680. The number of amides is 2. The number of nitrogens with zero attached hydrogens (tertiary/aromatic N) is 3. The number of rotatable bonds is 10. The number of hydrogen-bond acceptors (Lipinski definition) is 9. The molecule has 3 N–H and O–H groups in total. The van der Waals surface area contributed by atoms with Gasteiger partial charge in [0.05, 0.1) is 24.1 Å². The SMILES string of the molecule is O=C(Nc1ccc(F)cc1)C1(C(=O)Nc2ccc(Oc3ccnc4cc(OCCN5CCOCC5O)ncc34)c(F)c2)CC1. The van der Waals surface area contributed by atoms with E-state index < -0.39 is 35.1 Å². The smallest absolute Gasteiger partial charge is 0.240 e. The summed E-state index contributed by atoms with van der Waals surface area (Å²) in [7, 11) is 0. The zero-order chi connectivity index (χ0) is 30.7. The Balaban J connectivity index is 1.08. The van der Waals surface area contributed by atoms with Crippen LogP contribution in [-0.4, -0.2) is 70.9 Å². The van der Waals surface area contributed by atoms with Crippen LogP contribution < -0.4 is 20.1 Å². The third kappa shape index (κ3) is 6.44. The molecule has 1 saturated heterocycles. The van der Waals surface area contributed by atoms with E-state index in [0.717, 1.165) is 6.07 Å². The fourth-order valence-corrected chi connectivity index (χ4v) is 4.82. The largest absolute Gasteiger partial charge is 0.476 e. The van der Waals surface area contributed by atoms with Gasteiger partial charge in [-0.1, -0.05) is 0 Å². The number of nitrogens with one attached hydrogen (secondary N) is 2. The first-order valence-corrected chi connectivity index (χ1v) is 14.0. The normalized spacial score (nSPS) is 17.6. The van der Waals surface area contributed by atoms with Crippen molar-refractivity contribution in [3.05, 3.63) is 78.6 Å². The Morgan fingerprint density at radius 1 is 1.00 bits per heavy atom. The van der Waals surface area contributed by atoms with E-state index in [1.165, 1.54) is 48.8 Å². The number of ether oxygens (including phenoxy) is 3. The van der Waals surface area contributed by atoms with E-state index in [4.69, 9.17) is 14.2 Å². The molecule has 0 bridgehead atoms. The first-order chi connectivity index (χ1) is 21.3. The summed E-state index contributed by atoms with van der Waals surface area (Å²) in [6, 6.07) is 12.4. The van der Waals surface area contributed by atoms with Gasteiger partial charge in [-0.2, -0.15) is 0 Å². The van der Waals surface area contributed by atoms with E-state index in [9.17, 15) is 19.1 Å². The topological polar surface area (TPSA) is 135 Å². The molecule has 6 rings (SSSR count). The van der Waals surface area contributed by atoms with E-state index in [1.807, 2.05) is 4.90 Å². The van der Waals surface area contributed by atoms with Gasteiger partial charge in [0, 0.05) is 49.0 Å². The van der Waals surface area contributed by atoms with Gasteiger partial charge < -0.3 is 30.0 Å².